The number of likely N-dealkylation sites (tertiary alicyclic amines) is 1. The van der Waals surface area contributed by atoms with Crippen LogP contribution in [0.1, 0.15) is 29.6 Å². The van der Waals surface area contributed by atoms with Crippen molar-refractivity contribution in [3.05, 3.63) is 90.1 Å². The molecule has 1 aliphatic rings. The van der Waals surface area contributed by atoms with E-state index in [2.05, 4.69) is 15.3 Å². The van der Waals surface area contributed by atoms with Crippen molar-refractivity contribution >= 4 is 22.8 Å². The largest absolute Gasteiger partial charge is 0.367 e. The molecule has 34 heavy (non-hydrogen) atoms. The second-order valence-corrected chi connectivity index (χ2v) is 8.45. The SMILES string of the molecule is O=C(c1ccccc1-c1ccccc1)N1CCCC[C@H]1CNc1cnc2cc(F)c(F)cc2n1. The van der Waals surface area contributed by atoms with E-state index < -0.39 is 11.6 Å². The Labute approximate surface area is 196 Å². The molecule has 0 saturated carbocycles. The number of piperidine rings is 1. The lowest BCUT2D eigenvalue weighted by atomic mass is 9.96. The highest BCUT2D eigenvalue weighted by Crippen LogP contribution is 2.27. The Morgan fingerprint density at radius 3 is 2.53 bits per heavy atom. The van der Waals surface area contributed by atoms with E-state index in [-0.39, 0.29) is 23.0 Å². The first kappa shape index (κ1) is 21.9. The molecule has 1 atom stereocenters. The fourth-order valence-electron chi connectivity index (χ4n) is 4.49. The minimum Gasteiger partial charge on any atom is -0.367 e. The van der Waals surface area contributed by atoms with Gasteiger partial charge in [0.15, 0.2) is 11.6 Å². The minimum absolute atomic E-state index is 0.00750. The zero-order chi connectivity index (χ0) is 23.5. The number of halogens is 2. The summed E-state index contributed by atoms with van der Waals surface area (Å²) in [5.74, 6) is -1.44. The van der Waals surface area contributed by atoms with Crippen molar-refractivity contribution < 1.29 is 13.6 Å². The zero-order valence-corrected chi connectivity index (χ0v) is 18.5. The Balaban J connectivity index is 1.36. The molecule has 0 radical (unpaired) electrons. The molecule has 5 nitrogen and oxygen atoms in total. The number of hydrogen-bond acceptors (Lipinski definition) is 4. The van der Waals surface area contributed by atoms with Crippen LogP contribution in [0.15, 0.2) is 72.9 Å². The van der Waals surface area contributed by atoms with Gasteiger partial charge in [0.2, 0.25) is 0 Å². The normalized spacial score (nSPS) is 15.9. The van der Waals surface area contributed by atoms with Crippen molar-refractivity contribution in [2.45, 2.75) is 25.3 Å². The van der Waals surface area contributed by atoms with Crippen LogP contribution in [0.25, 0.3) is 22.2 Å². The average Bonchev–Trinajstić information content (AvgIpc) is 2.88. The third kappa shape index (κ3) is 4.46. The number of carbonyl (C=O) groups is 1. The van der Waals surface area contributed by atoms with E-state index >= 15 is 0 Å². The topological polar surface area (TPSA) is 58.1 Å². The molecule has 1 saturated heterocycles. The van der Waals surface area contributed by atoms with Crippen LogP contribution in [0.3, 0.4) is 0 Å². The smallest absolute Gasteiger partial charge is 0.254 e. The Hall–Kier alpha value is -3.87. The highest BCUT2D eigenvalue weighted by atomic mass is 19.2. The zero-order valence-electron chi connectivity index (χ0n) is 18.5. The molecule has 1 N–H and O–H groups in total. The molecule has 7 heteroatoms. The van der Waals surface area contributed by atoms with Gasteiger partial charge in [-0.05, 0) is 36.5 Å². The Kier molecular flexibility index (Phi) is 6.16. The molecule has 0 unspecified atom stereocenters. The molecular weight excluding hydrogens is 434 g/mol. The van der Waals surface area contributed by atoms with Gasteiger partial charge >= 0.3 is 0 Å². The lowest BCUT2D eigenvalue weighted by Gasteiger charge is -2.36. The third-order valence-electron chi connectivity index (χ3n) is 6.23. The molecule has 1 aromatic heterocycles. The number of nitrogens with one attached hydrogen (secondary N) is 1. The van der Waals surface area contributed by atoms with E-state index in [9.17, 15) is 13.6 Å². The Bertz CT molecular complexity index is 1330. The van der Waals surface area contributed by atoms with E-state index in [4.69, 9.17) is 0 Å². The van der Waals surface area contributed by atoms with E-state index in [1.54, 1.807) is 0 Å². The minimum atomic E-state index is -0.958. The van der Waals surface area contributed by atoms with Crippen LogP contribution in [0.5, 0.6) is 0 Å². The maximum atomic E-state index is 13.7. The van der Waals surface area contributed by atoms with Gasteiger partial charge in [-0.1, -0.05) is 48.5 Å². The number of amides is 1. The van der Waals surface area contributed by atoms with Crippen molar-refractivity contribution in [2.75, 3.05) is 18.4 Å². The molecular formula is C27H24F2N4O. The summed E-state index contributed by atoms with van der Waals surface area (Å²) in [5, 5.41) is 3.24. The molecule has 3 aromatic carbocycles. The van der Waals surface area contributed by atoms with Crippen LogP contribution in [0.2, 0.25) is 0 Å². The number of aromatic nitrogens is 2. The fourth-order valence-corrected chi connectivity index (χ4v) is 4.49. The number of anilines is 1. The molecule has 0 aliphatic carbocycles. The summed E-state index contributed by atoms with van der Waals surface area (Å²) in [5.41, 5.74) is 3.17. The van der Waals surface area contributed by atoms with Crippen molar-refractivity contribution in [3.8, 4) is 11.1 Å². The monoisotopic (exact) mass is 458 g/mol. The van der Waals surface area contributed by atoms with E-state index in [0.717, 1.165) is 42.5 Å². The second-order valence-electron chi connectivity index (χ2n) is 8.45. The van der Waals surface area contributed by atoms with Gasteiger partial charge in [-0.15, -0.1) is 0 Å². The summed E-state index contributed by atoms with van der Waals surface area (Å²) in [6, 6.07) is 19.7. The first-order valence-corrected chi connectivity index (χ1v) is 11.4. The van der Waals surface area contributed by atoms with Crippen molar-refractivity contribution in [2.24, 2.45) is 0 Å². The van der Waals surface area contributed by atoms with Gasteiger partial charge in [0.1, 0.15) is 5.82 Å². The number of fused-ring (bicyclic) bond motifs is 1. The van der Waals surface area contributed by atoms with Crippen LogP contribution in [0, 0.1) is 11.6 Å². The number of benzene rings is 3. The average molecular weight is 459 g/mol. The summed E-state index contributed by atoms with van der Waals surface area (Å²) >= 11 is 0. The maximum absolute atomic E-state index is 13.7. The summed E-state index contributed by atoms with van der Waals surface area (Å²) < 4.78 is 27.0. The van der Waals surface area contributed by atoms with E-state index in [0.29, 0.717) is 24.5 Å². The molecule has 1 aliphatic heterocycles. The van der Waals surface area contributed by atoms with Gasteiger partial charge in [0.05, 0.1) is 17.2 Å². The fraction of sp³-hybridized carbons (Fsp3) is 0.222. The number of hydrogen-bond donors (Lipinski definition) is 1. The molecule has 5 rings (SSSR count). The number of carbonyl (C=O) groups excluding carboxylic acids is 1. The number of nitrogens with zero attached hydrogens (tertiary/aromatic N) is 3. The van der Waals surface area contributed by atoms with Crippen LogP contribution in [-0.2, 0) is 0 Å². The van der Waals surface area contributed by atoms with Crippen molar-refractivity contribution in [1.29, 1.82) is 0 Å². The van der Waals surface area contributed by atoms with Gasteiger partial charge in [-0.2, -0.15) is 0 Å². The standard InChI is InChI=1S/C27H24F2N4O/c28-22-14-24-25(15-23(22)29)32-26(17-30-24)31-16-19-10-6-7-13-33(19)27(34)21-12-5-4-11-20(21)18-8-2-1-3-9-18/h1-5,8-9,11-12,14-15,17,19H,6-7,10,13,16H2,(H,31,32)/t19-/m0/s1. The van der Waals surface area contributed by atoms with Gasteiger partial charge in [-0.3, -0.25) is 9.78 Å². The summed E-state index contributed by atoms with van der Waals surface area (Å²) in [6.07, 6.45) is 4.35. The molecule has 0 spiro atoms. The molecule has 2 heterocycles. The van der Waals surface area contributed by atoms with Crippen LogP contribution < -0.4 is 5.32 Å². The van der Waals surface area contributed by atoms with E-state index in [1.807, 2.05) is 59.5 Å². The number of rotatable bonds is 5. The highest BCUT2D eigenvalue weighted by molar-refractivity contribution is 6.01. The summed E-state index contributed by atoms with van der Waals surface area (Å²) in [7, 11) is 0. The predicted octanol–water partition coefficient (Wildman–Crippen LogP) is 5.68. The first-order chi connectivity index (χ1) is 16.6. The predicted molar refractivity (Wildman–Crippen MR) is 128 cm³/mol. The molecule has 1 fully saturated rings. The highest BCUT2D eigenvalue weighted by Gasteiger charge is 2.28. The molecule has 172 valence electrons. The first-order valence-electron chi connectivity index (χ1n) is 11.4. The van der Waals surface area contributed by atoms with Gasteiger partial charge in [0, 0.05) is 36.8 Å². The van der Waals surface area contributed by atoms with Crippen molar-refractivity contribution in [3.63, 3.8) is 0 Å². The van der Waals surface area contributed by atoms with E-state index in [1.165, 1.54) is 6.20 Å². The Morgan fingerprint density at radius 1 is 0.971 bits per heavy atom. The Morgan fingerprint density at radius 2 is 1.71 bits per heavy atom. The third-order valence-corrected chi connectivity index (χ3v) is 6.23. The quantitative estimate of drug-likeness (QED) is 0.418. The van der Waals surface area contributed by atoms with Gasteiger partial charge in [0.25, 0.3) is 5.91 Å². The second kappa shape index (κ2) is 9.55. The van der Waals surface area contributed by atoms with Gasteiger partial charge in [-0.25, -0.2) is 13.8 Å². The van der Waals surface area contributed by atoms with Crippen LogP contribution in [-0.4, -0.2) is 39.9 Å². The van der Waals surface area contributed by atoms with Crippen LogP contribution in [0.4, 0.5) is 14.6 Å². The molecule has 0 bridgehead atoms. The molecule has 4 aromatic rings. The summed E-state index contributed by atoms with van der Waals surface area (Å²) in [4.78, 5) is 24.1. The lowest BCUT2D eigenvalue weighted by molar-refractivity contribution is 0.0629. The van der Waals surface area contributed by atoms with Crippen LogP contribution >= 0.6 is 0 Å². The lowest BCUT2D eigenvalue weighted by Crippen LogP contribution is -2.47. The summed E-state index contributed by atoms with van der Waals surface area (Å²) in [6.45, 7) is 1.17. The molecule has 1 amide bonds. The van der Waals surface area contributed by atoms with Gasteiger partial charge < -0.3 is 10.2 Å². The van der Waals surface area contributed by atoms with Crippen molar-refractivity contribution in [1.82, 2.24) is 14.9 Å². The maximum Gasteiger partial charge on any atom is 0.254 e.